The molecule has 1 aromatic rings. The molecule has 0 aromatic carbocycles. The van der Waals surface area contributed by atoms with Crippen LogP contribution in [0.15, 0.2) is 41.9 Å². The summed E-state index contributed by atoms with van der Waals surface area (Å²) in [5.74, 6) is -5.13. The van der Waals surface area contributed by atoms with Gasteiger partial charge < -0.3 is 14.9 Å². The van der Waals surface area contributed by atoms with E-state index >= 15 is 4.39 Å². The quantitative estimate of drug-likeness (QED) is 0.329. The molecule has 3 unspecified atom stereocenters. The molecule has 1 aromatic heterocycles. The van der Waals surface area contributed by atoms with Gasteiger partial charge >= 0.3 is 5.97 Å². The molecule has 0 saturated carbocycles. The summed E-state index contributed by atoms with van der Waals surface area (Å²) < 4.78 is 20.6. The number of aromatic nitrogens is 1. The van der Waals surface area contributed by atoms with E-state index in [9.17, 15) is 19.8 Å². The van der Waals surface area contributed by atoms with Crippen molar-refractivity contribution < 1.29 is 28.9 Å². The van der Waals surface area contributed by atoms with Gasteiger partial charge in [-0.2, -0.15) is 0 Å². The third-order valence-electron chi connectivity index (χ3n) is 7.03. The zero-order valence-electron chi connectivity index (χ0n) is 21.6. The lowest BCUT2D eigenvalue weighted by Crippen LogP contribution is -2.50. The highest BCUT2D eigenvalue weighted by Crippen LogP contribution is 2.37. The Labute approximate surface area is 208 Å². The van der Waals surface area contributed by atoms with Gasteiger partial charge in [0, 0.05) is 30.4 Å². The molecule has 3 atom stereocenters. The first kappa shape index (κ1) is 28.9. The van der Waals surface area contributed by atoms with E-state index in [0.29, 0.717) is 25.0 Å². The number of Topliss-reactive ketones (excluding diaryl/α,β-unsaturated/α-hetero) is 1. The predicted octanol–water partition coefficient (Wildman–Crippen LogP) is 5.54. The molecule has 0 radical (unpaired) electrons. The molecule has 0 spiro atoms. The molecule has 0 fully saturated rings. The first-order chi connectivity index (χ1) is 16.4. The van der Waals surface area contributed by atoms with Crippen LogP contribution in [0.25, 0.3) is 6.08 Å². The SMILES string of the molecule is CCC1C(=O)C(C)(C)CCC(=O)OC(C(F)=Cc2ccccn2)CC=C(C)CCCC(C)C1(O)O. The molecule has 35 heavy (non-hydrogen) atoms. The number of cyclic esters (lactones) is 1. The lowest BCUT2D eigenvalue weighted by molar-refractivity contribution is -0.234. The Morgan fingerprint density at radius 3 is 2.60 bits per heavy atom. The minimum absolute atomic E-state index is 0.0926. The van der Waals surface area contributed by atoms with Gasteiger partial charge in [0.2, 0.25) is 0 Å². The maximum atomic E-state index is 15.1. The van der Waals surface area contributed by atoms with Gasteiger partial charge in [-0.1, -0.05) is 45.4 Å². The molecule has 1 aliphatic rings. The van der Waals surface area contributed by atoms with Crippen molar-refractivity contribution in [3.8, 4) is 0 Å². The van der Waals surface area contributed by atoms with Crippen LogP contribution < -0.4 is 0 Å². The summed E-state index contributed by atoms with van der Waals surface area (Å²) in [4.78, 5) is 30.1. The lowest BCUT2D eigenvalue weighted by atomic mass is 9.71. The average molecular weight is 490 g/mol. The van der Waals surface area contributed by atoms with E-state index in [-0.39, 0.29) is 31.5 Å². The Bertz CT molecular complexity index is 923. The number of carbonyl (C=O) groups excluding carboxylic acids is 2. The number of allylic oxidation sites excluding steroid dienone is 1. The summed E-state index contributed by atoms with van der Waals surface area (Å²) >= 11 is 0. The van der Waals surface area contributed by atoms with E-state index in [4.69, 9.17) is 4.74 Å². The highest BCUT2D eigenvalue weighted by Gasteiger charge is 2.47. The second kappa shape index (κ2) is 12.5. The third-order valence-corrected chi connectivity index (χ3v) is 7.03. The first-order valence-electron chi connectivity index (χ1n) is 12.5. The number of carbonyl (C=O) groups is 2. The largest absolute Gasteiger partial charge is 0.455 e. The van der Waals surface area contributed by atoms with Crippen molar-refractivity contribution in [1.82, 2.24) is 4.98 Å². The topological polar surface area (TPSA) is 96.7 Å². The Morgan fingerprint density at radius 2 is 1.97 bits per heavy atom. The summed E-state index contributed by atoms with van der Waals surface area (Å²) in [6, 6.07) is 5.15. The van der Waals surface area contributed by atoms with E-state index < -0.39 is 40.9 Å². The molecule has 0 amide bonds. The number of halogens is 1. The molecule has 2 rings (SSSR count). The summed E-state index contributed by atoms with van der Waals surface area (Å²) in [5, 5.41) is 21.9. The van der Waals surface area contributed by atoms with E-state index in [1.807, 2.05) is 13.0 Å². The van der Waals surface area contributed by atoms with Crippen LogP contribution in [0.5, 0.6) is 0 Å². The molecule has 0 saturated heterocycles. The standard InChI is InChI=1S/C28H40FNO5/c1-6-22-26(32)27(4,5)16-15-25(31)35-24(23(29)18-21-12-7-8-17-30-21)14-13-19(2)10-9-11-20(3)28(22,33)34/h7-8,12-13,17-18,20,22,24,33-34H,6,9-11,14-16H2,1-5H3. The van der Waals surface area contributed by atoms with Crippen molar-refractivity contribution in [2.75, 3.05) is 0 Å². The molecule has 0 aliphatic carbocycles. The Morgan fingerprint density at radius 1 is 1.26 bits per heavy atom. The van der Waals surface area contributed by atoms with Crippen LogP contribution in [0.4, 0.5) is 4.39 Å². The molecule has 0 bridgehead atoms. The van der Waals surface area contributed by atoms with E-state index in [0.717, 1.165) is 5.57 Å². The zero-order valence-corrected chi connectivity index (χ0v) is 21.6. The fourth-order valence-corrected chi connectivity index (χ4v) is 4.47. The van der Waals surface area contributed by atoms with Crippen LogP contribution >= 0.6 is 0 Å². The van der Waals surface area contributed by atoms with Gasteiger partial charge in [0.25, 0.3) is 0 Å². The smallest absolute Gasteiger partial charge is 0.306 e. The first-order valence-corrected chi connectivity index (χ1v) is 12.5. The van der Waals surface area contributed by atoms with Crippen molar-refractivity contribution in [3.63, 3.8) is 0 Å². The molecule has 6 nitrogen and oxygen atoms in total. The van der Waals surface area contributed by atoms with E-state index in [1.165, 1.54) is 6.08 Å². The maximum absolute atomic E-state index is 15.1. The highest BCUT2D eigenvalue weighted by atomic mass is 19.1. The highest BCUT2D eigenvalue weighted by molar-refractivity contribution is 5.87. The fraction of sp³-hybridized carbons (Fsp3) is 0.607. The van der Waals surface area contributed by atoms with Crippen molar-refractivity contribution in [1.29, 1.82) is 0 Å². The number of hydrogen-bond donors (Lipinski definition) is 2. The normalized spacial score (nSPS) is 27.1. The third kappa shape index (κ3) is 8.07. The second-order valence-electron chi connectivity index (χ2n) is 10.3. The lowest BCUT2D eigenvalue weighted by Gasteiger charge is -2.39. The van der Waals surface area contributed by atoms with Gasteiger partial charge in [-0.05, 0) is 57.2 Å². The van der Waals surface area contributed by atoms with Crippen LogP contribution in [0.2, 0.25) is 0 Å². The molecular formula is C28H40FNO5. The number of aliphatic hydroxyl groups is 2. The van der Waals surface area contributed by atoms with Crippen molar-refractivity contribution >= 4 is 17.8 Å². The number of nitrogens with zero attached hydrogens (tertiary/aromatic N) is 1. The van der Waals surface area contributed by atoms with Crippen LogP contribution in [-0.2, 0) is 14.3 Å². The number of hydrogen-bond acceptors (Lipinski definition) is 6. The minimum Gasteiger partial charge on any atom is -0.455 e. The van der Waals surface area contributed by atoms with Gasteiger partial charge in [-0.3, -0.25) is 14.6 Å². The predicted molar refractivity (Wildman–Crippen MR) is 134 cm³/mol. The Balaban J connectivity index is 2.33. The van der Waals surface area contributed by atoms with Gasteiger partial charge in [0.1, 0.15) is 11.6 Å². The minimum atomic E-state index is -2.14. The van der Waals surface area contributed by atoms with Gasteiger partial charge in [-0.25, -0.2) is 4.39 Å². The molecule has 1 aliphatic heterocycles. The number of ketones is 1. The van der Waals surface area contributed by atoms with Crippen LogP contribution in [-0.4, -0.2) is 38.8 Å². The number of esters is 1. The number of ether oxygens (including phenoxy) is 1. The maximum Gasteiger partial charge on any atom is 0.306 e. The molecule has 7 heteroatoms. The van der Waals surface area contributed by atoms with Gasteiger partial charge in [0.15, 0.2) is 11.9 Å². The summed E-state index contributed by atoms with van der Waals surface area (Å²) in [6.07, 6.45) is 5.97. The fourth-order valence-electron chi connectivity index (χ4n) is 4.47. The summed E-state index contributed by atoms with van der Waals surface area (Å²) in [5.41, 5.74) is 0.431. The van der Waals surface area contributed by atoms with E-state index in [2.05, 4.69) is 4.98 Å². The second-order valence-corrected chi connectivity index (χ2v) is 10.3. The Kier molecular flexibility index (Phi) is 10.3. The number of pyridine rings is 1. The monoisotopic (exact) mass is 489 g/mol. The average Bonchev–Trinajstić information content (AvgIpc) is 2.80. The summed E-state index contributed by atoms with van der Waals surface area (Å²) in [6.45, 7) is 8.81. The molecular weight excluding hydrogens is 449 g/mol. The van der Waals surface area contributed by atoms with Crippen LogP contribution in [0.3, 0.4) is 0 Å². The Hall–Kier alpha value is -2.38. The number of rotatable bonds is 3. The van der Waals surface area contributed by atoms with Crippen LogP contribution in [0.1, 0.15) is 85.3 Å². The zero-order chi connectivity index (χ0) is 26.2. The van der Waals surface area contributed by atoms with E-state index in [1.54, 1.807) is 52.1 Å². The van der Waals surface area contributed by atoms with Crippen molar-refractivity contribution in [3.05, 3.63) is 47.6 Å². The van der Waals surface area contributed by atoms with Crippen molar-refractivity contribution in [2.24, 2.45) is 17.3 Å². The summed E-state index contributed by atoms with van der Waals surface area (Å²) in [7, 11) is 0. The van der Waals surface area contributed by atoms with Gasteiger partial charge in [-0.15, -0.1) is 0 Å². The van der Waals surface area contributed by atoms with Gasteiger partial charge in [0.05, 0.1) is 11.6 Å². The van der Waals surface area contributed by atoms with Crippen molar-refractivity contribution in [2.45, 2.75) is 91.5 Å². The van der Waals surface area contributed by atoms with Crippen LogP contribution in [0, 0.1) is 17.3 Å². The molecule has 194 valence electrons. The molecule has 2 heterocycles. The molecule has 2 N–H and O–H groups in total.